The monoisotopic (exact) mass is 501 g/mol. The minimum absolute atomic E-state index is 0.163. The zero-order chi connectivity index (χ0) is 20.7. The third-order valence-corrected chi connectivity index (χ3v) is 5.33. The molecule has 0 fully saturated rings. The van der Waals surface area contributed by atoms with E-state index in [9.17, 15) is 9.90 Å². The molecule has 154 valence electrons. The Morgan fingerprint density at radius 2 is 1.75 bits per heavy atom. The second-order valence-electron chi connectivity index (χ2n) is 6.92. The minimum Gasteiger partial charge on any atom is -0.493 e. The van der Waals surface area contributed by atoms with Crippen LogP contribution in [0.25, 0.3) is 11.3 Å². The van der Waals surface area contributed by atoms with Crippen LogP contribution >= 0.6 is 22.6 Å². The van der Waals surface area contributed by atoms with Gasteiger partial charge in [0.1, 0.15) is 17.2 Å². The molecule has 0 aliphatic heterocycles. The van der Waals surface area contributed by atoms with Crippen LogP contribution in [0, 0.1) is 3.57 Å². The van der Waals surface area contributed by atoms with E-state index in [-0.39, 0.29) is 11.7 Å². The normalized spacial score (nSPS) is 11.1. The first kappa shape index (κ1) is 22.5. The van der Waals surface area contributed by atoms with E-state index >= 15 is 0 Å². The number of rotatable bonds is 11. The molecule has 1 heterocycles. The van der Waals surface area contributed by atoms with Crippen molar-refractivity contribution < 1.29 is 23.9 Å². The Balaban J connectivity index is 2.54. The fourth-order valence-electron chi connectivity index (χ4n) is 2.69. The maximum atomic E-state index is 11.3. The number of hydrogen-bond acceptors (Lipinski definition) is 5. The molecule has 0 saturated heterocycles. The minimum atomic E-state index is -1.14. The quantitative estimate of drug-likeness (QED) is 0.295. The Labute approximate surface area is 179 Å². The van der Waals surface area contributed by atoms with E-state index in [0.717, 1.165) is 42.6 Å². The molecule has 0 saturated carbocycles. The number of carboxylic acids is 1. The highest BCUT2D eigenvalue weighted by atomic mass is 127. The van der Waals surface area contributed by atoms with Crippen LogP contribution in [-0.2, 0) is 0 Å². The maximum Gasteiger partial charge on any atom is 0.375 e. The van der Waals surface area contributed by atoms with E-state index in [2.05, 4.69) is 32.9 Å². The number of carboxylic acid groups (broad SMARTS) is 1. The van der Waals surface area contributed by atoms with E-state index in [0.29, 0.717) is 28.2 Å². The standard InChI is InChI=1S/C21H28INO5/c1-5-7-9-26-16-12-17(27-10-8-6-2)15(11-14(16)13(3)4)19-18(22)20(21(24)25)28-23-19/h11-13H,5-10H2,1-4H3,(H,24,25). The highest BCUT2D eigenvalue weighted by Crippen LogP contribution is 2.41. The van der Waals surface area contributed by atoms with Crippen LogP contribution in [0.15, 0.2) is 16.7 Å². The summed E-state index contributed by atoms with van der Waals surface area (Å²) in [5, 5.41) is 13.3. The molecule has 1 N–H and O–H groups in total. The number of hydrogen-bond donors (Lipinski definition) is 1. The van der Waals surface area contributed by atoms with E-state index in [1.165, 1.54) is 0 Å². The van der Waals surface area contributed by atoms with Crippen molar-refractivity contribution in [1.29, 1.82) is 0 Å². The summed E-state index contributed by atoms with van der Waals surface area (Å²) in [5.41, 5.74) is 2.24. The van der Waals surface area contributed by atoms with E-state index in [1.54, 1.807) is 0 Å². The van der Waals surface area contributed by atoms with Gasteiger partial charge < -0.3 is 19.1 Å². The topological polar surface area (TPSA) is 81.8 Å². The maximum absolute atomic E-state index is 11.3. The van der Waals surface area contributed by atoms with Crippen LogP contribution in [0.3, 0.4) is 0 Å². The van der Waals surface area contributed by atoms with Crippen LogP contribution in [0.4, 0.5) is 0 Å². The Morgan fingerprint density at radius 1 is 1.14 bits per heavy atom. The Hall–Kier alpha value is -1.77. The van der Waals surface area contributed by atoms with Crippen molar-refractivity contribution in [2.24, 2.45) is 0 Å². The predicted octanol–water partition coefficient (Wildman–Crippen LogP) is 6.13. The van der Waals surface area contributed by atoms with Crippen LogP contribution < -0.4 is 9.47 Å². The number of carbonyl (C=O) groups is 1. The summed E-state index contributed by atoms with van der Waals surface area (Å²) in [4.78, 5) is 11.3. The number of aromatic nitrogens is 1. The molecule has 0 aliphatic rings. The van der Waals surface area contributed by atoms with Gasteiger partial charge in [-0.2, -0.15) is 0 Å². The molecule has 1 aromatic heterocycles. The van der Waals surface area contributed by atoms with Gasteiger partial charge in [-0.05, 0) is 53.0 Å². The molecule has 0 spiro atoms. The summed E-state index contributed by atoms with van der Waals surface area (Å²) >= 11 is 1.96. The Kier molecular flexibility index (Phi) is 8.59. The molecule has 0 amide bonds. The van der Waals surface area contributed by atoms with Crippen molar-refractivity contribution in [3.05, 3.63) is 27.0 Å². The number of benzene rings is 1. The first-order valence-electron chi connectivity index (χ1n) is 9.72. The van der Waals surface area contributed by atoms with Crippen molar-refractivity contribution in [1.82, 2.24) is 5.16 Å². The van der Waals surface area contributed by atoms with Gasteiger partial charge in [0.05, 0.1) is 16.8 Å². The van der Waals surface area contributed by atoms with Gasteiger partial charge in [0.25, 0.3) is 5.76 Å². The van der Waals surface area contributed by atoms with Gasteiger partial charge in [-0.15, -0.1) is 0 Å². The summed E-state index contributed by atoms with van der Waals surface area (Å²) in [5.74, 6) is 0.358. The lowest BCUT2D eigenvalue weighted by Crippen LogP contribution is -2.05. The fourth-order valence-corrected chi connectivity index (χ4v) is 3.41. The molecule has 0 bridgehead atoms. The second kappa shape index (κ2) is 10.7. The number of halogens is 1. The number of nitrogens with zero attached hydrogens (tertiary/aromatic N) is 1. The molecule has 7 heteroatoms. The SMILES string of the molecule is CCCCOc1cc(OCCCC)c(C(C)C)cc1-c1noc(C(=O)O)c1I. The lowest BCUT2D eigenvalue weighted by molar-refractivity contribution is 0.0650. The van der Waals surface area contributed by atoms with Gasteiger partial charge in [-0.3, -0.25) is 0 Å². The molecular formula is C21H28INO5. The van der Waals surface area contributed by atoms with Crippen LogP contribution in [0.5, 0.6) is 11.5 Å². The average Bonchev–Trinajstić information content (AvgIpc) is 3.03. The molecule has 6 nitrogen and oxygen atoms in total. The lowest BCUT2D eigenvalue weighted by Gasteiger charge is -2.19. The molecule has 0 radical (unpaired) electrons. The first-order chi connectivity index (χ1) is 13.4. The van der Waals surface area contributed by atoms with Crippen molar-refractivity contribution >= 4 is 28.6 Å². The fraction of sp³-hybridized carbons (Fsp3) is 0.524. The summed E-state index contributed by atoms with van der Waals surface area (Å²) < 4.78 is 17.6. The molecule has 0 atom stereocenters. The van der Waals surface area contributed by atoms with Gasteiger partial charge in [0.15, 0.2) is 0 Å². The third kappa shape index (κ3) is 5.40. The Bertz CT molecular complexity index is 800. The molecule has 0 unspecified atom stereocenters. The molecule has 2 rings (SSSR count). The van der Waals surface area contributed by atoms with E-state index in [4.69, 9.17) is 14.0 Å². The van der Waals surface area contributed by atoms with Crippen LogP contribution in [0.1, 0.15) is 75.4 Å². The third-order valence-electron chi connectivity index (χ3n) is 4.33. The van der Waals surface area contributed by atoms with Crippen molar-refractivity contribution in [2.45, 2.75) is 59.3 Å². The zero-order valence-electron chi connectivity index (χ0n) is 16.9. The van der Waals surface area contributed by atoms with Gasteiger partial charge in [-0.25, -0.2) is 4.79 Å². The largest absolute Gasteiger partial charge is 0.493 e. The van der Waals surface area contributed by atoms with Gasteiger partial charge in [-0.1, -0.05) is 45.7 Å². The smallest absolute Gasteiger partial charge is 0.375 e. The van der Waals surface area contributed by atoms with E-state index < -0.39 is 5.97 Å². The summed E-state index contributed by atoms with van der Waals surface area (Å²) in [6.07, 6.45) is 3.98. The van der Waals surface area contributed by atoms with Gasteiger partial charge in [0.2, 0.25) is 0 Å². The summed E-state index contributed by atoms with van der Waals surface area (Å²) in [7, 11) is 0. The number of ether oxygens (including phenoxy) is 2. The van der Waals surface area contributed by atoms with Crippen molar-refractivity contribution in [2.75, 3.05) is 13.2 Å². The van der Waals surface area contributed by atoms with Gasteiger partial charge >= 0.3 is 5.97 Å². The van der Waals surface area contributed by atoms with Crippen LogP contribution in [0.2, 0.25) is 0 Å². The van der Waals surface area contributed by atoms with E-state index in [1.807, 2.05) is 34.7 Å². The van der Waals surface area contributed by atoms with Crippen molar-refractivity contribution in [3.8, 4) is 22.8 Å². The van der Waals surface area contributed by atoms with Crippen LogP contribution in [-0.4, -0.2) is 29.4 Å². The zero-order valence-corrected chi connectivity index (χ0v) is 19.0. The first-order valence-corrected chi connectivity index (χ1v) is 10.8. The molecule has 0 aliphatic carbocycles. The highest BCUT2D eigenvalue weighted by molar-refractivity contribution is 14.1. The number of unbranched alkanes of at least 4 members (excludes halogenated alkanes) is 2. The molecule has 2 aromatic rings. The predicted molar refractivity (Wildman–Crippen MR) is 117 cm³/mol. The average molecular weight is 501 g/mol. The summed E-state index contributed by atoms with van der Waals surface area (Å²) in [6, 6.07) is 3.89. The second-order valence-corrected chi connectivity index (χ2v) is 8.00. The molecule has 28 heavy (non-hydrogen) atoms. The summed E-state index contributed by atoms with van der Waals surface area (Å²) in [6.45, 7) is 9.64. The molecule has 1 aromatic carbocycles. The highest BCUT2D eigenvalue weighted by Gasteiger charge is 2.25. The Morgan fingerprint density at radius 3 is 2.25 bits per heavy atom. The lowest BCUT2D eigenvalue weighted by atomic mass is 9.97. The van der Waals surface area contributed by atoms with Gasteiger partial charge in [0, 0.05) is 11.6 Å². The molecular weight excluding hydrogens is 473 g/mol. The number of aromatic carboxylic acids is 1. The van der Waals surface area contributed by atoms with Crippen molar-refractivity contribution in [3.63, 3.8) is 0 Å².